The van der Waals surface area contributed by atoms with Crippen molar-refractivity contribution in [1.82, 2.24) is 5.43 Å². The molecule has 19 heavy (non-hydrogen) atoms. The van der Waals surface area contributed by atoms with E-state index >= 15 is 0 Å². The van der Waals surface area contributed by atoms with Crippen LogP contribution < -0.4 is 5.43 Å². The van der Waals surface area contributed by atoms with Gasteiger partial charge < -0.3 is 5.11 Å². The van der Waals surface area contributed by atoms with Crippen LogP contribution in [-0.4, -0.2) is 28.8 Å². The Balaban J connectivity index is 2.66. The summed E-state index contributed by atoms with van der Waals surface area (Å²) in [5, 5.41) is 23.2. The number of nitrogens with one attached hydrogen (secondary N) is 1. The summed E-state index contributed by atoms with van der Waals surface area (Å²) in [6.07, 6.45) is 1.43. The molecular weight excluding hydrogens is 250 g/mol. The molecule has 0 fully saturated rings. The van der Waals surface area contributed by atoms with Gasteiger partial charge in [-0.1, -0.05) is 13.8 Å². The minimum absolute atomic E-state index is 0.0820. The average molecular weight is 265 g/mol. The summed E-state index contributed by atoms with van der Waals surface area (Å²) < 4.78 is 0. The number of aliphatic hydroxyl groups is 1. The fourth-order valence-electron chi connectivity index (χ4n) is 1.11. The summed E-state index contributed by atoms with van der Waals surface area (Å²) in [4.78, 5) is 21.6. The molecule has 0 saturated heterocycles. The summed E-state index contributed by atoms with van der Waals surface area (Å²) in [6, 6.07) is 5.19. The van der Waals surface area contributed by atoms with Gasteiger partial charge in [0.25, 0.3) is 11.6 Å². The first-order chi connectivity index (χ1) is 8.85. The molecule has 1 amide bonds. The minimum Gasteiger partial charge on any atom is -0.395 e. The molecule has 0 bridgehead atoms. The molecule has 0 atom stereocenters. The highest BCUT2D eigenvalue weighted by Crippen LogP contribution is 2.12. The van der Waals surface area contributed by atoms with E-state index in [4.69, 9.17) is 5.11 Å². The van der Waals surface area contributed by atoms with Gasteiger partial charge in [0.2, 0.25) is 0 Å². The molecule has 0 aliphatic heterocycles. The average Bonchev–Trinajstić information content (AvgIpc) is 2.38. The summed E-state index contributed by atoms with van der Waals surface area (Å²) in [7, 11) is 0. The highest BCUT2D eigenvalue weighted by molar-refractivity contribution is 5.94. The first-order valence-corrected chi connectivity index (χ1v) is 5.55. The highest BCUT2D eigenvalue weighted by Gasteiger charge is 2.13. The van der Waals surface area contributed by atoms with Crippen LogP contribution in [0.25, 0.3) is 0 Å². The van der Waals surface area contributed by atoms with E-state index < -0.39 is 16.2 Å². The molecule has 1 rings (SSSR count). The van der Waals surface area contributed by atoms with E-state index in [9.17, 15) is 14.9 Å². The monoisotopic (exact) mass is 265 g/mol. The maximum atomic E-state index is 11.6. The van der Waals surface area contributed by atoms with Crippen molar-refractivity contribution in [1.29, 1.82) is 0 Å². The standard InChI is InChI=1S/C12H15N3O4/c1-12(2,8-16)7-13-14-11(17)9-3-5-10(6-4-9)15(18)19/h3-7,16H,8H2,1-2H3,(H,14,17). The van der Waals surface area contributed by atoms with Crippen LogP contribution in [-0.2, 0) is 0 Å². The number of benzene rings is 1. The van der Waals surface area contributed by atoms with Crippen LogP contribution in [0.15, 0.2) is 29.4 Å². The van der Waals surface area contributed by atoms with E-state index in [0.29, 0.717) is 0 Å². The van der Waals surface area contributed by atoms with Gasteiger partial charge in [-0.2, -0.15) is 5.10 Å². The second-order valence-corrected chi connectivity index (χ2v) is 4.65. The molecule has 2 N–H and O–H groups in total. The van der Waals surface area contributed by atoms with Gasteiger partial charge in [-0.3, -0.25) is 14.9 Å². The van der Waals surface area contributed by atoms with Gasteiger partial charge in [-0.15, -0.1) is 0 Å². The van der Waals surface area contributed by atoms with Crippen molar-refractivity contribution in [3.63, 3.8) is 0 Å². The van der Waals surface area contributed by atoms with Gasteiger partial charge in [0.15, 0.2) is 0 Å². The number of nitrogens with zero attached hydrogens (tertiary/aromatic N) is 2. The zero-order valence-corrected chi connectivity index (χ0v) is 10.7. The van der Waals surface area contributed by atoms with Crippen LogP contribution in [0.3, 0.4) is 0 Å². The Hall–Kier alpha value is -2.28. The van der Waals surface area contributed by atoms with Crippen molar-refractivity contribution in [2.45, 2.75) is 13.8 Å². The van der Waals surface area contributed by atoms with Gasteiger partial charge in [-0.05, 0) is 12.1 Å². The van der Waals surface area contributed by atoms with E-state index in [-0.39, 0.29) is 17.9 Å². The number of hydrazone groups is 1. The van der Waals surface area contributed by atoms with E-state index in [2.05, 4.69) is 10.5 Å². The predicted octanol–water partition coefficient (Wildman–Crippen LogP) is 1.33. The number of amides is 1. The zero-order valence-electron chi connectivity index (χ0n) is 10.7. The number of hydrogen-bond donors (Lipinski definition) is 2. The van der Waals surface area contributed by atoms with Gasteiger partial charge >= 0.3 is 0 Å². The molecule has 0 aliphatic carbocycles. The van der Waals surface area contributed by atoms with Crippen molar-refractivity contribution in [2.75, 3.05) is 6.61 Å². The van der Waals surface area contributed by atoms with Gasteiger partial charge in [0.05, 0.1) is 11.5 Å². The third-order valence-electron chi connectivity index (χ3n) is 2.33. The molecule has 0 spiro atoms. The summed E-state index contributed by atoms with van der Waals surface area (Å²) in [5.74, 6) is -0.472. The first kappa shape index (κ1) is 14.8. The number of non-ortho nitro benzene ring substituents is 1. The lowest BCUT2D eigenvalue weighted by Gasteiger charge is -2.14. The molecular formula is C12H15N3O4. The Labute approximate surface area is 110 Å². The number of rotatable bonds is 5. The first-order valence-electron chi connectivity index (χ1n) is 5.55. The van der Waals surface area contributed by atoms with E-state index in [1.54, 1.807) is 13.8 Å². The maximum Gasteiger partial charge on any atom is 0.271 e. The van der Waals surface area contributed by atoms with Crippen molar-refractivity contribution in [3.05, 3.63) is 39.9 Å². The van der Waals surface area contributed by atoms with E-state index in [0.717, 1.165) is 0 Å². The Kier molecular flexibility index (Phi) is 4.71. The lowest BCUT2D eigenvalue weighted by Crippen LogP contribution is -2.23. The fraction of sp³-hybridized carbons (Fsp3) is 0.333. The Morgan fingerprint density at radius 1 is 1.47 bits per heavy atom. The zero-order chi connectivity index (χ0) is 14.5. The molecule has 7 nitrogen and oxygen atoms in total. The van der Waals surface area contributed by atoms with Gasteiger partial charge in [0, 0.05) is 29.3 Å². The molecule has 1 aromatic rings. The maximum absolute atomic E-state index is 11.6. The number of carbonyl (C=O) groups excluding carboxylic acids is 1. The second kappa shape index (κ2) is 6.05. The molecule has 0 aliphatic rings. The van der Waals surface area contributed by atoms with Gasteiger partial charge in [0.1, 0.15) is 0 Å². The molecule has 1 aromatic carbocycles. The number of aliphatic hydroxyl groups excluding tert-OH is 1. The molecule has 0 saturated carbocycles. The summed E-state index contributed by atoms with van der Waals surface area (Å²) in [5.41, 5.74) is 1.95. The van der Waals surface area contributed by atoms with Crippen molar-refractivity contribution < 1.29 is 14.8 Å². The molecule has 7 heteroatoms. The third-order valence-corrected chi connectivity index (χ3v) is 2.33. The van der Waals surface area contributed by atoms with Crippen LogP contribution in [0.4, 0.5) is 5.69 Å². The number of nitro benzene ring substituents is 1. The van der Waals surface area contributed by atoms with E-state index in [1.807, 2.05) is 0 Å². The molecule has 0 aromatic heterocycles. The molecule has 0 unspecified atom stereocenters. The minimum atomic E-state index is -0.538. The highest BCUT2D eigenvalue weighted by atomic mass is 16.6. The lowest BCUT2D eigenvalue weighted by molar-refractivity contribution is -0.384. The van der Waals surface area contributed by atoms with Crippen LogP contribution in [0.5, 0.6) is 0 Å². The lowest BCUT2D eigenvalue weighted by atomic mass is 9.97. The largest absolute Gasteiger partial charge is 0.395 e. The topological polar surface area (TPSA) is 105 Å². The SMILES string of the molecule is CC(C)(C=NNC(=O)c1ccc([N+](=O)[O-])cc1)CO. The number of carbonyl (C=O) groups is 1. The summed E-state index contributed by atoms with van der Waals surface area (Å²) in [6.45, 7) is 3.42. The predicted molar refractivity (Wildman–Crippen MR) is 69.9 cm³/mol. The molecule has 102 valence electrons. The van der Waals surface area contributed by atoms with Crippen molar-refractivity contribution >= 4 is 17.8 Å². The number of hydrogen-bond acceptors (Lipinski definition) is 5. The fourth-order valence-corrected chi connectivity index (χ4v) is 1.11. The second-order valence-electron chi connectivity index (χ2n) is 4.65. The Morgan fingerprint density at radius 3 is 2.53 bits per heavy atom. The van der Waals surface area contributed by atoms with Crippen LogP contribution in [0.2, 0.25) is 0 Å². The Bertz CT molecular complexity index is 494. The quantitative estimate of drug-likeness (QED) is 0.476. The van der Waals surface area contributed by atoms with Crippen molar-refractivity contribution in [2.24, 2.45) is 10.5 Å². The van der Waals surface area contributed by atoms with Crippen LogP contribution in [0.1, 0.15) is 24.2 Å². The smallest absolute Gasteiger partial charge is 0.271 e. The molecule has 0 heterocycles. The van der Waals surface area contributed by atoms with Crippen molar-refractivity contribution in [3.8, 4) is 0 Å². The van der Waals surface area contributed by atoms with E-state index in [1.165, 1.54) is 30.5 Å². The Morgan fingerprint density at radius 2 is 2.05 bits per heavy atom. The third kappa shape index (κ3) is 4.47. The van der Waals surface area contributed by atoms with Crippen LogP contribution in [0, 0.1) is 15.5 Å². The molecule has 0 radical (unpaired) electrons. The number of nitro groups is 1. The summed E-state index contributed by atoms with van der Waals surface area (Å²) >= 11 is 0. The van der Waals surface area contributed by atoms with Crippen LogP contribution >= 0.6 is 0 Å². The van der Waals surface area contributed by atoms with Gasteiger partial charge in [-0.25, -0.2) is 5.43 Å². The normalized spacial score (nSPS) is 11.5.